The highest BCUT2D eigenvalue weighted by molar-refractivity contribution is 7.99. The minimum absolute atomic E-state index is 0.0701. The lowest BCUT2D eigenvalue weighted by Gasteiger charge is -2.17. The predicted molar refractivity (Wildman–Crippen MR) is 116 cm³/mol. The molecule has 170 valence electrons. The Hall–Kier alpha value is -3.01. The Labute approximate surface area is 188 Å². The Morgan fingerprint density at radius 2 is 1.75 bits per heavy atom. The van der Waals surface area contributed by atoms with Crippen LogP contribution in [0.1, 0.15) is 32.7 Å². The maximum atomic E-state index is 13.7. The molecule has 1 N–H and O–H groups in total. The molecule has 10 heteroatoms. The van der Waals surface area contributed by atoms with Crippen molar-refractivity contribution in [2.24, 2.45) is 5.92 Å². The molecule has 6 nitrogen and oxygen atoms in total. The molecule has 3 aromatic rings. The first-order chi connectivity index (χ1) is 15.2. The van der Waals surface area contributed by atoms with Crippen molar-refractivity contribution in [1.82, 2.24) is 14.8 Å². The van der Waals surface area contributed by atoms with Crippen LogP contribution in [0.5, 0.6) is 5.75 Å². The number of aromatic nitrogens is 3. The van der Waals surface area contributed by atoms with Crippen molar-refractivity contribution in [3.05, 3.63) is 65.7 Å². The average Bonchev–Trinajstić information content (AvgIpc) is 3.13. The largest absolute Gasteiger partial charge is 0.483 e. The summed E-state index contributed by atoms with van der Waals surface area (Å²) in [6.45, 7) is 6.45. The zero-order chi connectivity index (χ0) is 23.3. The molecule has 0 aliphatic heterocycles. The summed E-state index contributed by atoms with van der Waals surface area (Å²) in [5, 5.41) is 11.3. The van der Waals surface area contributed by atoms with Crippen LogP contribution in [0.2, 0.25) is 0 Å². The predicted octanol–water partition coefficient (Wildman–Crippen LogP) is 5.22. The third kappa shape index (κ3) is 6.25. The smallest absolute Gasteiger partial charge is 0.234 e. The Bertz CT molecular complexity index is 1070. The van der Waals surface area contributed by atoms with Crippen LogP contribution < -0.4 is 10.1 Å². The second kappa shape index (κ2) is 10.5. The van der Waals surface area contributed by atoms with E-state index >= 15 is 0 Å². The topological polar surface area (TPSA) is 69.0 Å². The van der Waals surface area contributed by atoms with E-state index in [0.717, 1.165) is 30.0 Å². The number of amides is 1. The van der Waals surface area contributed by atoms with Crippen LogP contribution >= 0.6 is 11.8 Å². The van der Waals surface area contributed by atoms with Gasteiger partial charge in [0.25, 0.3) is 0 Å². The van der Waals surface area contributed by atoms with Gasteiger partial charge in [-0.3, -0.25) is 4.79 Å². The second-order valence-electron chi connectivity index (χ2n) is 7.52. The zero-order valence-electron chi connectivity index (χ0n) is 17.8. The highest BCUT2D eigenvalue weighted by Gasteiger charge is 2.21. The summed E-state index contributed by atoms with van der Waals surface area (Å²) in [4.78, 5) is 12.3. The molecule has 0 saturated heterocycles. The van der Waals surface area contributed by atoms with Crippen molar-refractivity contribution < 1.29 is 22.7 Å². The highest BCUT2D eigenvalue weighted by Crippen LogP contribution is 2.26. The van der Waals surface area contributed by atoms with Crippen LogP contribution in [-0.4, -0.2) is 26.4 Å². The molecule has 0 bridgehead atoms. The van der Waals surface area contributed by atoms with Gasteiger partial charge in [-0.1, -0.05) is 25.6 Å². The SMILES string of the molecule is CC(C)Cn1c(SCC(=O)Nc2cc(F)ccc2F)nnc1C(C)Oc1ccc(F)cc1. The molecule has 3 rings (SSSR count). The van der Waals surface area contributed by atoms with Crippen LogP contribution in [0.3, 0.4) is 0 Å². The molecule has 0 aliphatic rings. The van der Waals surface area contributed by atoms with E-state index < -0.39 is 23.6 Å². The molecular formula is C22H23F3N4O2S. The molecule has 0 fully saturated rings. The normalized spacial score (nSPS) is 12.1. The number of hydrogen-bond donors (Lipinski definition) is 1. The third-order valence-electron chi connectivity index (χ3n) is 4.32. The highest BCUT2D eigenvalue weighted by atomic mass is 32.2. The maximum Gasteiger partial charge on any atom is 0.234 e. The number of halogens is 3. The minimum Gasteiger partial charge on any atom is -0.483 e. The second-order valence-corrected chi connectivity index (χ2v) is 8.46. The quantitative estimate of drug-likeness (QED) is 0.440. The lowest BCUT2D eigenvalue weighted by Crippen LogP contribution is -2.17. The number of hydrogen-bond acceptors (Lipinski definition) is 5. The summed E-state index contributed by atoms with van der Waals surface area (Å²) in [6.07, 6.45) is -0.476. The van der Waals surface area contributed by atoms with E-state index in [1.165, 1.54) is 24.3 Å². The minimum atomic E-state index is -0.721. The molecule has 1 aromatic heterocycles. The number of anilines is 1. The van der Waals surface area contributed by atoms with Gasteiger partial charge in [-0.05, 0) is 49.2 Å². The van der Waals surface area contributed by atoms with E-state index in [-0.39, 0.29) is 23.2 Å². The lowest BCUT2D eigenvalue weighted by molar-refractivity contribution is -0.113. The molecule has 1 unspecified atom stereocenters. The molecule has 0 spiro atoms. The van der Waals surface area contributed by atoms with Crippen molar-refractivity contribution in [1.29, 1.82) is 0 Å². The van der Waals surface area contributed by atoms with Gasteiger partial charge in [0, 0.05) is 12.6 Å². The first-order valence-corrected chi connectivity index (χ1v) is 10.9. The van der Waals surface area contributed by atoms with E-state index in [0.29, 0.717) is 23.3 Å². The number of carbonyl (C=O) groups excluding carboxylic acids is 1. The first-order valence-electron chi connectivity index (χ1n) is 9.96. The number of benzene rings is 2. The summed E-state index contributed by atoms with van der Waals surface area (Å²) in [5.41, 5.74) is -0.221. The zero-order valence-corrected chi connectivity index (χ0v) is 18.6. The van der Waals surface area contributed by atoms with Crippen LogP contribution in [0.25, 0.3) is 0 Å². The van der Waals surface area contributed by atoms with Crippen LogP contribution in [0.4, 0.5) is 18.9 Å². The fourth-order valence-electron chi connectivity index (χ4n) is 2.92. The molecule has 1 heterocycles. The fraction of sp³-hybridized carbons (Fsp3) is 0.318. The van der Waals surface area contributed by atoms with Gasteiger partial charge in [0.2, 0.25) is 5.91 Å². The van der Waals surface area contributed by atoms with Crippen molar-refractivity contribution >= 4 is 23.4 Å². The summed E-state index contributed by atoms with van der Waals surface area (Å²) >= 11 is 1.13. The number of rotatable bonds is 9. The molecule has 32 heavy (non-hydrogen) atoms. The molecule has 0 aliphatic carbocycles. The molecule has 0 radical (unpaired) electrons. The van der Waals surface area contributed by atoms with E-state index in [2.05, 4.69) is 15.5 Å². The fourth-order valence-corrected chi connectivity index (χ4v) is 3.68. The number of nitrogens with zero attached hydrogens (tertiary/aromatic N) is 3. The molecule has 1 atom stereocenters. The standard InChI is InChI=1S/C22H23F3N4O2S/c1-13(2)11-29-21(14(3)31-17-7-4-15(23)5-8-17)27-28-22(29)32-12-20(30)26-19-10-16(24)6-9-18(19)25/h4-10,13-14H,11-12H2,1-3H3,(H,26,30). The molecule has 1 amide bonds. The number of ether oxygens (including phenoxy) is 1. The summed E-state index contributed by atoms with van der Waals surface area (Å²) in [5.74, 6) is -0.992. The van der Waals surface area contributed by atoms with Gasteiger partial charge in [0.1, 0.15) is 23.2 Å². The van der Waals surface area contributed by atoms with Gasteiger partial charge in [-0.2, -0.15) is 0 Å². The van der Waals surface area contributed by atoms with Gasteiger partial charge in [-0.25, -0.2) is 13.2 Å². The van der Waals surface area contributed by atoms with E-state index in [4.69, 9.17) is 4.74 Å². The Kier molecular flexibility index (Phi) is 7.79. The molecular weight excluding hydrogens is 441 g/mol. The van der Waals surface area contributed by atoms with Crippen molar-refractivity contribution in [2.75, 3.05) is 11.1 Å². The lowest BCUT2D eigenvalue weighted by atomic mass is 10.2. The van der Waals surface area contributed by atoms with Gasteiger partial charge >= 0.3 is 0 Å². The summed E-state index contributed by atoms with van der Waals surface area (Å²) < 4.78 is 47.9. The van der Waals surface area contributed by atoms with Gasteiger partial charge in [0.15, 0.2) is 17.1 Å². The van der Waals surface area contributed by atoms with Crippen molar-refractivity contribution in [2.45, 2.75) is 38.6 Å². The molecule has 2 aromatic carbocycles. The molecule has 0 saturated carbocycles. The first kappa shape index (κ1) is 23.6. The number of carbonyl (C=O) groups is 1. The van der Waals surface area contributed by atoms with Gasteiger partial charge < -0.3 is 14.6 Å². The van der Waals surface area contributed by atoms with Gasteiger partial charge in [-0.15, -0.1) is 10.2 Å². The summed E-state index contributed by atoms with van der Waals surface area (Å²) in [6, 6.07) is 8.52. The van der Waals surface area contributed by atoms with E-state index in [1.807, 2.05) is 18.4 Å². The number of nitrogens with one attached hydrogen (secondary N) is 1. The maximum absolute atomic E-state index is 13.7. The Balaban J connectivity index is 1.70. The summed E-state index contributed by atoms with van der Waals surface area (Å²) in [7, 11) is 0. The number of thioether (sulfide) groups is 1. The Morgan fingerprint density at radius 3 is 2.44 bits per heavy atom. The van der Waals surface area contributed by atoms with Crippen LogP contribution in [0.15, 0.2) is 47.6 Å². The van der Waals surface area contributed by atoms with Crippen molar-refractivity contribution in [3.8, 4) is 5.75 Å². The average molecular weight is 465 g/mol. The monoisotopic (exact) mass is 464 g/mol. The van der Waals surface area contributed by atoms with E-state index in [9.17, 15) is 18.0 Å². The Morgan fingerprint density at radius 1 is 1.06 bits per heavy atom. The van der Waals surface area contributed by atoms with Crippen molar-refractivity contribution in [3.63, 3.8) is 0 Å². The van der Waals surface area contributed by atoms with E-state index in [1.54, 1.807) is 6.92 Å². The third-order valence-corrected chi connectivity index (χ3v) is 5.28. The van der Waals surface area contributed by atoms with Crippen LogP contribution in [0, 0.1) is 23.4 Å². The van der Waals surface area contributed by atoms with Crippen LogP contribution in [-0.2, 0) is 11.3 Å². The van der Waals surface area contributed by atoms with Gasteiger partial charge in [0.05, 0.1) is 11.4 Å².